The minimum absolute atomic E-state index is 0.170. The Hall–Kier alpha value is -2.93. The smallest absolute Gasteiger partial charge is 0.220 e. The first kappa shape index (κ1) is 19.4. The second kappa shape index (κ2) is 7.48. The van der Waals surface area contributed by atoms with Crippen LogP contribution in [-0.2, 0) is 14.6 Å². The summed E-state index contributed by atoms with van der Waals surface area (Å²) in [6, 6.07) is 14.4. The van der Waals surface area contributed by atoms with Gasteiger partial charge in [0.1, 0.15) is 4.90 Å². The van der Waals surface area contributed by atoms with Gasteiger partial charge in [0.05, 0.1) is 16.1 Å². The molecule has 150 valence electrons. The molecule has 1 amide bonds. The number of anilines is 1. The number of carbonyl (C=O) groups is 1. The van der Waals surface area contributed by atoms with Crippen LogP contribution >= 0.6 is 0 Å². The van der Waals surface area contributed by atoms with Gasteiger partial charge < -0.3 is 10.6 Å². The molecule has 0 radical (unpaired) electrons. The zero-order chi connectivity index (χ0) is 20.6. The molecule has 4 rings (SSSR count). The zero-order valence-electron chi connectivity index (χ0n) is 16.2. The lowest BCUT2D eigenvalue weighted by molar-refractivity contribution is -0.122. The topological polar surface area (TPSA) is 93.4 Å². The van der Waals surface area contributed by atoms with Crippen LogP contribution in [0.5, 0.6) is 0 Å². The number of piperidine rings is 1. The Labute approximate surface area is 170 Å². The Balaban J connectivity index is 1.86. The van der Waals surface area contributed by atoms with E-state index in [0.717, 1.165) is 16.5 Å². The van der Waals surface area contributed by atoms with Gasteiger partial charge in [-0.2, -0.15) is 0 Å². The number of hydrogen-bond donors (Lipinski definition) is 1. The molecule has 1 aliphatic rings. The normalized spacial score (nSPS) is 15.6. The van der Waals surface area contributed by atoms with E-state index in [4.69, 9.17) is 5.73 Å². The van der Waals surface area contributed by atoms with Gasteiger partial charge in [-0.3, -0.25) is 9.78 Å². The number of aromatic nitrogens is 1. The number of pyridine rings is 1. The molecule has 1 aliphatic heterocycles. The highest BCUT2D eigenvalue weighted by atomic mass is 32.2. The summed E-state index contributed by atoms with van der Waals surface area (Å²) >= 11 is 0. The molecular formula is C22H23N3O3S. The maximum atomic E-state index is 13.5. The summed E-state index contributed by atoms with van der Waals surface area (Å²) < 4.78 is 27.0. The van der Waals surface area contributed by atoms with Crippen LogP contribution in [0, 0.1) is 12.8 Å². The average molecular weight is 410 g/mol. The van der Waals surface area contributed by atoms with E-state index in [1.165, 1.54) is 6.20 Å². The van der Waals surface area contributed by atoms with Crippen molar-refractivity contribution in [3.8, 4) is 0 Å². The maximum absolute atomic E-state index is 13.5. The van der Waals surface area contributed by atoms with Crippen LogP contribution in [0.1, 0.15) is 18.4 Å². The summed E-state index contributed by atoms with van der Waals surface area (Å²) in [5.74, 6) is -0.465. The van der Waals surface area contributed by atoms with Crippen LogP contribution < -0.4 is 10.6 Å². The van der Waals surface area contributed by atoms with Crippen LogP contribution in [0.3, 0.4) is 0 Å². The van der Waals surface area contributed by atoms with Crippen LogP contribution in [-0.4, -0.2) is 32.4 Å². The lowest BCUT2D eigenvalue weighted by atomic mass is 9.95. The molecule has 2 N–H and O–H groups in total. The number of para-hydroxylation sites is 1. The Morgan fingerprint density at radius 3 is 2.38 bits per heavy atom. The fourth-order valence-electron chi connectivity index (χ4n) is 3.86. The molecule has 1 fully saturated rings. The van der Waals surface area contributed by atoms with Crippen molar-refractivity contribution in [2.45, 2.75) is 29.6 Å². The second-order valence-electron chi connectivity index (χ2n) is 7.47. The maximum Gasteiger partial charge on any atom is 0.220 e. The van der Waals surface area contributed by atoms with Crippen molar-refractivity contribution in [2.75, 3.05) is 18.0 Å². The molecule has 29 heavy (non-hydrogen) atoms. The Morgan fingerprint density at radius 1 is 1.07 bits per heavy atom. The van der Waals surface area contributed by atoms with Crippen LogP contribution in [0.15, 0.2) is 64.5 Å². The van der Waals surface area contributed by atoms with Crippen LogP contribution in [0.4, 0.5) is 5.69 Å². The van der Waals surface area contributed by atoms with E-state index in [0.29, 0.717) is 31.6 Å². The highest BCUT2D eigenvalue weighted by Crippen LogP contribution is 2.37. The predicted molar refractivity (Wildman–Crippen MR) is 113 cm³/mol. The van der Waals surface area contributed by atoms with Gasteiger partial charge >= 0.3 is 0 Å². The molecule has 3 aromatic rings. The van der Waals surface area contributed by atoms with E-state index >= 15 is 0 Å². The van der Waals surface area contributed by atoms with Gasteiger partial charge in [-0.15, -0.1) is 0 Å². The molecule has 6 nitrogen and oxygen atoms in total. The lowest BCUT2D eigenvalue weighted by Gasteiger charge is -2.34. The first-order valence-corrected chi connectivity index (χ1v) is 11.1. The van der Waals surface area contributed by atoms with Crippen molar-refractivity contribution in [3.05, 3.63) is 60.3 Å². The third-order valence-electron chi connectivity index (χ3n) is 5.55. The lowest BCUT2D eigenvalue weighted by Crippen LogP contribution is -2.39. The number of aryl methyl sites for hydroxylation is 1. The first-order chi connectivity index (χ1) is 13.9. The Morgan fingerprint density at radius 2 is 1.72 bits per heavy atom. The van der Waals surface area contributed by atoms with Gasteiger partial charge in [0.25, 0.3) is 0 Å². The van der Waals surface area contributed by atoms with Gasteiger partial charge in [-0.25, -0.2) is 8.42 Å². The first-order valence-electron chi connectivity index (χ1n) is 9.61. The molecule has 0 aliphatic carbocycles. The standard InChI is InChI=1S/C22H23N3O3S/c1-15-6-8-17(9-7-15)29(27,28)20-14-24-19-5-3-2-4-18(19)21(20)25-12-10-16(11-13-25)22(23)26/h2-9,14,16H,10-13H2,1H3,(H2,23,26). The Bertz CT molecular complexity index is 1170. The average Bonchev–Trinajstić information content (AvgIpc) is 2.73. The summed E-state index contributed by atoms with van der Waals surface area (Å²) in [6.07, 6.45) is 2.67. The largest absolute Gasteiger partial charge is 0.370 e. The van der Waals surface area contributed by atoms with Crippen LogP contribution in [0.2, 0.25) is 0 Å². The van der Waals surface area contributed by atoms with Crippen molar-refractivity contribution in [1.29, 1.82) is 0 Å². The van der Waals surface area contributed by atoms with E-state index in [1.807, 2.05) is 36.1 Å². The fourth-order valence-corrected chi connectivity index (χ4v) is 5.30. The number of amides is 1. The minimum atomic E-state index is -3.75. The number of sulfone groups is 1. The van der Waals surface area contributed by atoms with Gasteiger partial charge in [0, 0.05) is 30.6 Å². The molecule has 0 bridgehead atoms. The van der Waals surface area contributed by atoms with Gasteiger partial charge in [0.2, 0.25) is 15.7 Å². The van der Waals surface area contributed by atoms with Gasteiger partial charge in [-0.1, -0.05) is 35.9 Å². The predicted octanol–water partition coefficient (Wildman–Crippen LogP) is 3.08. The number of nitrogens with zero attached hydrogens (tertiary/aromatic N) is 2. The monoisotopic (exact) mass is 409 g/mol. The van der Waals surface area contributed by atoms with Crippen LogP contribution in [0.25, 0.3) is 10.9 Å². The number of nitrogens with two attached hydrogens (primary N) is 1. The molecule has 7 heteroatoms. The Kier molecular flexibility index (Phi) is 5.00. The number of fused-ring (bicyclic) bond motifs is 1. The number of rotatable bonds is 4. The molecule has 1 aromatic heterocycles. The third kappa shape index (κ3) is 3.58. The zero-order valence-corrected chi connectivity index (χ0v) is 17.0. The molecule has 2 aromatic carbocycles. The summed E-state index contributed by atoms with van der Waals surface area (Å²) in [5, 5.41) is 0.790. The van der Waals surface area contributed by atoms with Gasteiger partial charge in [0.15, 0.2) is 0 Å². The summed E-state index contributed by atoms with van der Waals surface area (Å²) in [7, 11) is -3.75. The fraction of sp³-hybridized carbons (Fsp3) is 0.273. The minimum Gasteiger partial charge on any atom is -0.370 e. The summed E-state index contributed by atoms with van der Waals surface area (Å²) in [4.78, 5) is 18.4. The SMILES string of the molecule is Cc1ccc(S(=O)(=O)c2cnc3ccccc3c2N2CCC(C(N)=O)CC2)cc1. The molecular weight excluding hydrogens is 386 g/mol. The third-order valence-corrected chi connectivity index (χ3v) is 7.32. The highest BCUT2D eigenvalue weighted by molar-refractivity contribution is 7.91. The van der Waals surface area contributed by atoms with E-state index < -0.39 is 9.84 Å². The molecule has 0 unspecified atom stereocenters. The van der Waals surface area contributed by atoms with E-state index in [1.54, 1.807) is 24.3 Å². The molecule has 2 heterocycles. The van der Waals surface area contributed by atoms with Crippen molar-refractivity contribution in [3.63, 3.8) is 0 Å². The summed E-state index contributed by atoms with van der Waals surface area (Å²) in [6.45, 7) is 3.05. The molecule has 0 spiro atoms. The van der Waals surface area contributed by atoms with Crippen molar-refractivity contribution in [2.24, 2.45) is 11.7 Å². The van der Waals surface area contributed by atoms with Crippen molar-refractivity contribution < 1.29 is 13.2 Å². The van der Waals surface area contributed by atoms with Gasteiger partial charge in [-0.05, 0) is 38.0 Å². The molecule has 0 saturated carbocycles. The molecule has 0 atom stereocenters. The van der Waals surface area contributed by atoms with E-state index in [9.17, 15) is 13.2 Å². The quantitative estimate of drug-likeness (QED) is 0.715. The van der Waals surface area contributed by atoms with E-state index in [2.05, 4.69) is 4.98 Å². The van der Waals surface area contributed by atoms with Crippen molar-refractivity contribution >= 4 is 32.3 Å². The summed E-state index contributed by atoms with van der Waals surface area (Å²) in [5.41, 5.74) is 7.85. The number of benzene rings is 2. The van der Waals surface area contributed by atoms with E-state index in [-0.39, 0.29) is 21.6 Å². The molecule has 1 saturated heterocycles. The number of primary amides is 1. The highest BCUT2D eigenvalue weighted by Gasteiger charge is 2.30. The second-order valence-corrected chi connectivity index (χ2v) is 9.39. The number of carbonyl (C=O) groups excluding carboxylic acids is 1. The number of hydrogen-bond acceptors (Lipinski definition) is 5. The van der Waals surface area contributed by atoms with Crippen molar-refractivity contribution in [1.82, 2.24) is 4.98 Å².